The van der Waals surface area contributed by atoms with E-state index < -0.39 is 18.0 Å². The number of carbonyl (C=O) groups excluding carboxylic acids is 2. The second kappa shape index (κ2) is 8.12. The van der Waals surface area contributed by atoms with E-state index in [0.717, 1.165) is 5.39 Å². The van der Waals surface area contributed by atoms with Gasteiger partial charge in [-0.2, -0.15) is 0 Å². The molecule has 6 nitrogen and oxygen atoms in total. The standard InChI is InChI=1S/C20H17Cl2NO5/c1-10-13-9-12(26-3)7-8-16(13)28-18(10)20(25)27-11(2)19(24)23-15-6-4-5-14(21)17(15)22/h4-9,11H,1-3H3,(H,23,24). The number of ether oxygens (including phenoxy) is 2. The minimum absolute atomic E-state index is 0.0312. The first-order valence-electron chi connectivity index (χ1n) is 8.34. The van der Waals surface area contributed by atoms with Gasteiger partial charge in [0.1, 0.15) is 11.3 Å². The zero-order chi connectivity index (χ0) is 20.4. The molecule has 0 aliphatic carbocycles. The Morgan fingerprint density at radius 2 is 1.93 bits per heavy atom. The van der Waals surface area contributed by atoms with Crippen molar-refractivity contribution in [2.45, 2.75) is 20.0 Å². The predicted octanol–water partition coefficient (Wildman–Crippen LogP) is 5.24. The van der Waals surface area contributed by atoms with E-state index >= 15 is 0 Å². The summed E-state index contributed by atoms with van der Waals surface area (Å²) in [6, 6.07) is 10.0. The fourth-order valence-corrected chi connectivity index (χ4v) is 2.97. The summed E-state index contributed by atoms with van der Waals surface area (Å²) in [6.07, 6.45) is -1.08. The normalized spacial score (nSPS) is 11.9. The van der Waals surface area contributed by atoms with Gasteiger partial charge in [0, 0.05) is 10.9 Å². The molecule has 1 atom stereocenters. The van der Waals surface area contributed by atoms with Crippen LogP contribution in [0, 0.1) is 6.92 Å². The third-order valence-corrected chi connectivity index (χ3v) is 5.01. The number of benzene rings is 2. The molecular weight excluding hydrogens is 405 g/mol. The van der Waals surface area contributed by atoms with Crippen LogP contribution in [-0.4, -0.2) is 25.1 Å². The molecule has 1 heterocycles. The average Bonchev–Trinajstić information content (AvgIpc) is 3.01. The van der Waals surface area contributed by atoms with E-state index in [-0.39, 0.29) is 10.8 Å². The van der Waals surface area contributed by atoms with Crippen LogP contribution < -0.4 is 10.1 Å². The molecular formula is C20H17Cl2NO5. The Balaban J connectivity index is 1.75. The van der Waals surface area contributed by atoms with Gasteiger partial charge in [-0.05, 0) is 44.2 Å². The molecule has 3 aromatic rings. The number of amides is 1. The number of fused-ring (bicyclic) bond motifs is 1. The van der Waals surface area contributed by atoms with Gasteiger partial charge in [-0.3, -0.25) is 4.79 Å². The van der Waals surface area contributed by atoms with Crippen LogP contribution in [0.25, 0.3) is 11.0 Å². The monoisotopic (exact) mass is 421 g/mol. The quantitative estimate of drug-likeness (QED) is 0.569. The summed E-state index contributed by atoms with van der Waals surface area (Å²) in [7, 11) is 1.55. The second-order valence-corrected chi connectivity index (χ2v) is 6.84. The molecule has 3 rings (SSSR count). The molecule has 146 valence electrons. The molecule has 0 saturated heterocycles. The Labute approximate surface area is 171 Å². The highest BCUT2D eigenvalue weighted by Gasteiger charge is 2.25. The molecule has 0 aliphatic rings. The number of hydrogen-bond acceptors (Lipinski definition) is 5. The molecule has 1 aromatic heterocycles. The fourth-order valence-electron chi connectivity index (χ4n) is 2.62. The van der Waals surface area contributed by atoms with Crippen LogP contribution in [0.3, 0.4) is 0 Å². The minimum atomic E-state index is -1.08. The molecule has 28 heavy (non-hydrogen) atoms. The minimum Gasteiger partial charge on any atom is -0.497 e. The van der Waals surface area contributed by atoms with Crippen molar-refractivity contribution in [3.05, 3.63) is 57.8 Å². The number of nitrogens with one attached hydrogen (secondary N) is 1. The van der Waals surface area contributed by atoms with Gasteiger partial charge in [0.15, 0.2) is 6.10 Å². The highest BCUT2D eigenvalue weighted by molar-refractivity contribution is 6.44. The third-order valence-electron chi connectivity index (χ3n) is 4.19. The molecule has 1 unspecified atom stereocenters. The van der Waals surface area contributed by atoms with Gasteiger partial charge in [-0.1, -0.05) is 29.3 Å². The van der Waals surface area contributed by atoms with Crippen LogP contribution in [-0.2, 0) is 9.53 Å². The molecule has 2 aromatic carbocycles. The second-order valence-electron chi connectivity index (χ2n) is 6.06. The van der Waals surface area contributed by atoms with Crippen LogP contribution >= 0.6 is 23.2 Å². The number of carbonyl (C=O) groups is 2. The smallest absolute Gasteiger partial charge is 0.375 e. The number of aryl methyl sites for hydroxylation is 1. The molecule has 1 N–H and O–H groups in total. The van der Waals surface area contributed by atoms with Crippen molar-refractivity contribution in [1.29, 1.82) is 0 Å². The number of esters is 1. The van der Waals surface area contributed by atoms with Gasteiger partial charge in [0.05, 0.1) is 22.8 Å². The van der Waals surface area contributed by atoms with E-state index in [4.69, 9.17) is 37.1 Å². The topological polar surface area (TPSA) is 77.8 Å². The van der Waals surface area contributed by atoms with Gasteiger partial charge >= 0.3 is 5.97 Å². The Kier molecular flexibility index (Phi) is 5.82. The van der Waals surface area contributed by atoms with E-state index in [0.29, 0.717) is 27.6 Å². The van der Waals surface area contributed by atoms with Gasteiger partial charge < -0.3 is 19.2 Å². The van der Waals surface area contributed by atoms with E-state index in [1.807, 2.05) is 0 Å². The maximum absolute atomic E-state index is 12.5. The Hall–Kier alpha value is -2.70. The number of halogens is 2. The van der Waals surface area contributed by atoms with Crippen LogP contribution in [0.4, 0.5) is 5.69 Å². The van der Waals surface area contributed by atoms with E-state index in [1.54, 1.807) is 50.4 Å². The van der Waals surface area contributed by atoms with Crippen molar-refractivity contribution in [3.63, 3.8) is 0 Å². The molecule has 0 spiro atoms. The summed E-state index contributed by atoms with van der Waals surface area (Å²) in [4.78, 5) is 24.8. The first kappa shape index (κ1) is 20.0. The Bertz CT molecular complexity index is 1060. The first-order valence-corrected chi connectivity index (χ1v) is 9.10. The van der Waals surface area contributed by atoms with Crippen LogP contribution in [0.2, 0.25) is 10.0 Å². The van der Waals surface area contributed by atoms with Gasteiger partial charge in [0.2, 0.25) is 5.76 Å². The van der Waals surface area contributed by atoms with Gasteiger partial charge in [-0.15, -0.1) is 0 Å². The number of furan rings is 1. The van der Waals surface area contributed by atoms with E-state index in [1.165, 1.54) is 6.92 Å². The fraction of sp³-hybridized carbons (Fsp3) is 0.200. The summed E-state index contributed by atoms with van der Waals surface area (Å²) in [5, 5.41) is 3.82. The number of hydrogen-bond donors (Lipinski definition) is 1. The van der Waals surface area contributed by atoms with Crippen molar-refractivity contribution >= 4 is 51.7 Å². The summed E-state index contributed by atoms with van der Waals surface area (Å²) < 4.78 is 16.0. The maximum Gasteiger partial charge on any atom is 0.375 e. The van der Waals surface area contributed by atoms with Crippen molar-refractivity contribution < 1.29 is 23.5 Å². The molecule has 8 heteroatoms. The molecule has 0 fully saturated rings. The highest BCUT2D eigenvalue weighted by atomic mass is 35.5. The Morgan fingerprint density at radius 1 is 1.18 bits per heavy atom. The summed E-state index contributed by atoms with van der Waals surface area (Å²) >= 11 is 12.0. The SMILES string of the molecule is COc1ccc2oc(C(=O)OC(C)C(=O)Nc3cccc(Cl)c3Cl)c(C)c2c1. The van der Waals surface area contributed by atoms with Crippen LogP contribution in [0.1, 0.15) is 23.0 Å². The largest absolute Gasteiger partial charge is 0.497 e. The summed E-state index contributed by atoms with van der Waals surface area (Å²) in [5.41, 5.74) is 1.45. The predicted molar refractivity (Wildman–Crippen MR) is 107 cm³/mol. The van der Waals surface area contributed by atoms with Crippen LogP contribution in [0.5, 0.6) is 5.75 Å². The lowest BCUT2D eigenvalue weighted by molar-refractivity contribution is -0.123. The first-order chi connectivity index (χ1) is 13.3. The number of methoxy groups -OCH3 is 1. The van der Waals surface area contributed by atoms with Crippen molar-refractivity contribution in [2.75, 3.05) is 12.4 Å². The van der Waals surface area contributed by atoms with Crippen molar-refractivity contribution in [2.24, 2.45) is 0 Å². The Morgan fingerprint density at radius 3 is 2.64 bits per heavy atom. The highest BCUT2D eigenvalue weighted by Crippen LogP contribution is 2.31. The van der Waals surface area contributed by atoms with Gasteiger partial charge in [-0.25, -0.2) is 4.79 Å². The lowest BCUT2D eigenvalue weighted by Crippen LogP contribution is -2.30. The average molecular weight is 422 g/mol. The zero-order valence-electron chi connectivity index (χ0n) is 15.3. The summed E-state index contributed by atoms with van der Waals surface area (Å²) in [6.45, 7) is 3.19. The van der Waals surface area contributed by atoms with Gasteiger partial charge in [0.25, 0.3) is 5.91 Å². The van der Waals surface area contributed by atoms with Crippen molar-refractivity contribution in [3.8, 4) is 5.75 Å². The van der Waals surface area contributed by atoms with E-state index in [2.05, 4.69) is 5.32 Å². The number of anilines is 1. The third kappa shape index (κ3) is 3.93. The van der Waals surface area contributed by atoms with Crippen molar-refractivity contribution in [1.82, 2.24) is 0 Å². The number of rotatable bonds is 5. The van der Waals surface area contributed by atoms with E-state index in [9.17, 15) is 9.59 Å². The maximum atomic E-state index is 12.5. The molecule has 0 aliphatic heterocycles. The lowest BCUT2D eigenvalue weighted by atomic mass is 10.1. The zero-order valence-corrected chi connectivity index (χ0v) is 16.9. The molecule has 0 radical (unpaired) electrons. The molecule has 0 bridgehead atoms. The summed E-state index contributed by atoms with van der Waals surface area (Å²) in [5.74, 6) is -0.619. The lowest BCUT2D eigenvalue weighted by Gasteiger charge is -2.14. The molecule has 0 saturated carbocycles. The molecule has 1 amide bonds. The van der Waals surface area contributed by atoms with Crippen LogP contribution in [0.15, 0.2) is 40.8 Å².